The second-order valence-corrected chi connectivity index (χ2v) is 4.20. The van der Waals surface area contributed by atoms with Gasteiger partial charge in [-0.2, -0.15) is 0 Å². The maximum atomic E-state index is 4.30. The van der Waals surface area contributed by atoms with Crippen LogP contribution in [0.15, 0.2) is 48.7 Å². The zero-order valence-corrected chi connectivity index (χ0v) is 10.4. The van der Waals surface area contributed by atoms with Gasteiger partial charge >= 0.3 is 0 Å². The van der Waals surface area contributed by atoms with Crippen molar-refractivity contribution in [2.75, 3.05) is 5.32 Å². The van der Waals surface area contributed by atoms with Gasteiger partial charge < -0.3 is 5.32 Å². The van der Waals surface area contributed by atoms with Gasteiger partial charge in [-0.15, -0.1) is 0 Å². The van der Waals surface area contributed by atoms with Crippen molar-refractivity contribution in [2.45, 2.75) is 26.3 Å². The van der Waals surface area contributed by atoms with Gasteiger partial charge in [-0.05, 0) is 31.0 Å². The summed E-state index contributed by atoms with van der Waals surface area (Å²) in [5.41, 5.74) is 3.44. The molecule has 1 atom stereocenters. The molecule has 2 nitrogen and oxygen atoms in total. The van der Waals surface area contributed by atoms with Gasteiger partial charge in [0.25, 0.3) is 0 Å². The summed E-state index contributed by atoms with van der Waals surface area (Å²) >= 11 is 0. The molecule has 0 saturated carbocycles. The van der Waals surface area contributed by atoms with E-state index in [0.717, 1.165) is 17.8 Å². The summed E-state index contributed by atoms with van der Waals surface area (Å²) in [5.74, 6) is 0. The Hall–Kier alpha value is -1.83. The molecule has 0 bridgehead atoms. The van der Waals surface area contributed by atoms with E-state index in [0.29, 0.717) is 6.04 Å². The van der Waals surface area contributed by atoms with E-state index in [4.69, 9.17) is 0 Å². The maximum Gasteiger partial charge on any atom is 0.0531 e. The van der Waals surface area contributed by atoms with E-state index in [1.54, 1.807) is 0 Å². The van der Waals surface area contributed by atoms with Crippen LogP contribution in [-0.2, 0) is 0 Å². The van der Waals surface area contributed by atoms with Gasteiger partial charge in [-0.1, -0.05) is 37.3 Å². The predicted molar refractivity (Wildman–Crippen MR) is 72.1 cm³/mol. The number of anilines is 1. The second-order valence-electron chi connectivity index (χ2n) is 4.20. The lowest BCUT2D eigenvalue weighted by atomic mass is 10.0. The lowest BCUT2D eigenvalue weighted by Gasteiger charge is -2.18. The van der Waals surface area contributed by atoms with Gasteiger partial charge in [-0.25, -0.2) is 0 Å². The van der Waals surface area contributed by atoms with Crippen molar-refractivity contribution in [1.82, 2.24) is 4.98 Å². The lowest BCUT2D eigenvalue weighted by molar-refractivity contribution is 0.748. The summed E-state index contributed by atoms with van der Waals surface area (Å²) in [5, 5.41) is 3.51. The fourth-order valence-corrected chi connectivity index (χ4v) is 1.86. The van der Waals surface area contributed by atoms with E-state index >= 15 is 0 Å². The first-order valence-electron chi connectivity index (χ1n) is 6.03. The number of nitrogens with zero attached hydrogens (tertiary/aromatic N) is 1. The zero-order chi connectivity index (χ0) is 12.1. The van der Waals surface area contributed by atoms with Crippen LogP contribution in [0.3, 0.4) is 0 Å². The average molecular weight is 226 g/mol. The monoisotopic (exact) mass is 226 g/mol. The third-order valence-corrected chi connectivity index (χ3v) is 2.86. The van der Waals surface area contributed by atoms with Crippen molar-refractivity contribution in [1.29, 1.82) is 0 Å². The van der Waals surface area contributed by atoms with E-state index in [9.17, 15) is 0 Å². The Labute approximate surface area is 103 Å². The molecule has 1 aromatic carbocycles. The zero-order valence-electron chi connectivity index (χ0n) is 10.4. The highest BCUT2D eigenvalue weighted by Gasteiger charge is 2.08. The van der Waals surface area contributed by atoms with Crippen molar-refractivity contribution in [3.05, 3.63) is 59.9 Å². The van der Waals surface area contributed by atoms with Gasteiger partial charge in [-0.3, -0.25) is 4.98 Å². The third-order valence-electron chi connectivity index (χ3n) is 2.86. The molecule has 0 fully saturated rings. The number of aryl methyl sites for hydroxylation is 1. The van der Waals surface area contributed by atoms with Crippen LogP contribution < -0.4 is 5.32 Å². The topological polar surface area (TPSA) is 24.9 Å². The maximum absolute atomic E-state index is 4.30. The summed E-state index contributed by atoms with van der Waals surface area (Å²) in [6.45, 7) is 4.19. The highest BCUT2D eigenvalue weighted by molar-refractivity contribution is 5.43. The van der Waals surface area contributed by atoms with E-state index in [1.165, 1.54) is 5.56 Å². The van der Waals surface area contributed by atoms with Crippen LogP contribution in [-0.4, -0.2) is 4.98 Å². The van der Waals surface area contributed by atoms with Crippen LogP contribution in [0.2, 0.25) is 0 Å². The highest BCUT2D eigenvalue weighted by Crippen LogP contribution is 2.21. The minimum atomic E-state index is 0.348. The molecule has 0 aliphatic rings. The lowest BCUT2D eigenvalue weighted by Crippen LogP contribution is -2.09. The summed E-state index contributed by atoms with van der Waals surface area (Å²) in [6, 6.07) is 15.0. The van der Waals surface area contributed by atoms with Gasteiger partial charge in [0.05, 0.1) is 17.9 Å². The number of pyridine rings is 1. The number of aromatic nitrogens is 1. The van der Waals surface area contributed by atoms with Crippen LogP contribution in [0.1, 0.15) is 30.6 Å². The molecule has 0 saturated heterocycles. The van der Waals surface area contributed by atoms with Crippen LogP contribution in [0.5, 0.6) is 0 Å². The molecule has 1 unspecified atom stereocenters. The van der Waals surface area contributed by atoms with Crippen LogP contribution in [0, 0.1) is 6.92 Å². The molecule has 88 valence electrons. The Kier molecular flexibility index (Phi) is 3.76. The molecule has 1 heterocycles. The van der Waals surface area contributed by atoms with Gasteiger partial charge in [0, 0.05) is 5.69 Å². The second kappa shape index (κ2) is 5.48. The van der Waals surface area contributed by atoms with Crippen molar-refractivity contribution in [3.63, 3.8) is 0 Å². The molecule has 1 aromatic heterocycles. The molecule has 1 N–H and O–H groups in total. The fraction of sp³-hybridized carbons (Fsp3) is 0.267. The molecule has 0 aliphatic heterocycles. The number of hydrogen-bond acceptors (Lipinski definition) is 2. The van der Waals surface area contributed by atoms with Crippen molar-refractivity contribution < 1.29 is 0 Å². The fourth-order valence-electron chi connectivity index (χ4n) is 1.86. The normalized spacial score (nSPS) is 12.1. The smallest absolute Gasteiger partial charge is 0.0531 e. The molecule has 17 heavy (non-hydrogen) atoms. The van der Waals surface area contributed by atoms with E-state index in [1.807, 2.05) is 25.3 Å². The minimum absolute atomic E-state index is 0.348. The highest BCUT2D eigenvalue weighted by atomic mass is 14.9. The third kappa shape index (κ3) is 3.06. The van der Waals surface area contributed by atoms with Crippen molar-refractivity contribution in [3.8, 4) is 0 Å². The summed E-state index contributed by atoms with van der Waals surface area (Å²) in [4.78, 5) is 4.30. The molecule has 2 aromatic rings. The largest absolute Gasteiger partial charge is 0.377 e. The molecule has 0 aliphatic carbocycles. The summed E-state index contributed by atoms with van der Waals surface area (Å²) in [6.07, 6.45) is 2.94. The first kappa shape index (κ1) is 11.6. The van der Waals surface area contributed by atoms with E-state index in [-0.39, 0.29) is 0 Å². The molecule has 0 radical (unpaired) electrons. The summed E-state index contributed by atoms with van der Waals surface area (Å²) in [7, 11) is 0. The summed E-state index contributed by atoms with van der Waals surface area (Å²) < 4.78 is 0. The Morgan fingerprint density at radius 2 is 1.88 bits per heavy atom. The Bertz CT molecular complexity index is 448. The standard InChI is InChI=1S/C15H18N2/c1-3-15(13-7-5-4-6-8-13)17-14-10-9-12(2)16-11-14/h4-11,15,17H,3H2,1-2H3. The van der Waals surface area contributed by atoms with Gasteiger partial charge in [0.2, 0.25) is 0 Å². The molecule has 0 spiro atoms. The first-order chi connectivity index (χ1) is 8.29. The Morgan fingerprint density at radius 3 is 2.47 bits per heavy atom. The number of nitrogens with one attached hydrogen (secondary N) is 1. The number of rotatable bonds is 4. The molecular weight excluding hydrogens is 208 g/mol. The SMILES string of the molecule is CCC(Nc1ccc(C)nc1)c1ccccc1. The average Bonchev–Trinajstić information content (AvgIpc) is 2.39. The van der Waals surface area contributed by atoms with Gasteiger partial charge in [0.1, 0.15) is 0 Å². The van der Waals surface area contributed by atoms with Crippen LogP contribution >= 0.6 is 0 Å². The van der Waals surface area contributed by atoms with E-state index in [2.05, 4.69) is 47.6 Å². The predicted octanol–water partition coefficient (Wildman–Crippen LogP) is 3.95. The van der Waals surface area contributed by atoms with Crippen molar-refractivity contribution >= 4 is 5.69 Å². The van der Waals surface area contributed by atoms with Gasteiger partial charge in [0.15, 0.2) is 0 Å². The molecular formula is C15H18N2. The Balaban J connectivity index is 2.13. The Morgan fingerprint density at radius 1 is 1.12 bits per heavy atom. The van der Waals surface area contributed by atoms with Crippen molar-refractivity contribution in [2.24, 2.45) is 0 Å². The number of benzene rings is 1. The van der Waals surface area contributed by atoms with Crippen LogP contribution in [0.4, 0.5) is 5.69 Å². The minimum Gasteiger partial charge on any atom is -0.377 e. The molecule has 2 heteroatoms. The number of hydrogen-bond donors (Lipinski definition) is 1. The quantitative estimate of drug-likeness (QED) is 0.853. The molecule has 0 amide bonds. The van der Waals surface area contributed by atoms with Crippen LogP contribution in [0.25, 0.3) is 0 Å². The first-order valence-corrected chi connectivity index (χ1v) is 6.03. The van der Waals surface area contributed by atoms with E-state index < -0.39 is 0 Å². The molecule has 2 rings (SSSR count).